The molecule has 1 aromatic rings. The normalized spacial score (nSPS) is 22.0. The van der Waals surface area contributed by atoms with Gasteiger partial charge in [0.1, 0.15) is 5.54 Å². The standard InChI is InChI=1S/C20H27ClN4O3S/c21-16-6-5-15(29-16)14-23-10-12-24(13-11-23)17(26)4-3-9-25-18(27)20(22-19(25)28)7-1-2-8-20/h5-6H,1-4,7-14H2,(H,22,28). The Morgan fingerprint density at radius 2 is 1.86 bits per heavy atom. The van der Waals surface area contributed by atoms with Gasteiger partial charge < -0.3 is 10.2 Å². The predicted molar refractivity (Wildman–Crippen MR) is 112 cm³/mol. The van der Waals surface area contributed by atoms with Crippen LogP contribution in [0.4, 0.5) is 4.79 Å². The Hall–Kier alpha value is -1.64. The Labute approximate surface area is 180 Å². The lowest BCUT2D eigenvalue weighted by Crippen LogP contribution is -2.48. The van der Waals surface area contributed by atoms with Gasteiger partial charge in [-0.1, -0.05) is 24.4 Å². The third-order valence-electron chi connectivity index (χ3n) is 6.21. The number of nitrogens with zero attached hydrogens (tertiary/aromatic N) is 3. The molecule has 1 aromatic heterocycles. The molecule has 29 heavy (non-hydrogen) atoms. The van der Waals surface area contributed by atoms with Gasteiger partial charge in [0.25, 0.3) is 5.91 Å². The monoisotopic (exact) mass is 438 g/mol. The van der Waals surface area contributed by atoms with Crippen LogP contribution in [-0.4, -0.2) is 70.8 Å². The Morgan fingerprint density at radius 3 is 2.52 bits per heavy atom. The molecule has 0 atom stereocenters. The van der Waals surface area contributed by atoms with E-state index in [2.05, 4.69) is 16.3 Å². The van der Waals surface area contributed by atoms with Gasteiger partial charge in [-0.3, -0.25) is 19.4 Å². The number of thiophene rings is 1. The van der Waals surface area contributed by atoms with E-state index in [1.54, 1.807) is 11.3 Å². The lowest BCUT2D eigenvalue weighted by molar-refractivity contribution is -0.134. The van der Waals surface area contributed by atoms with E-state index in [4.69, 9.17) is 11.6 Å². The molecule has 0 radical (unpaired) electrons. The number of amides is 4. The number of nitrogens with one attached hydrogen (secondary N) is 1. The molecule has 9 heteroatoms. The number of rotatable bonds is 6. The van der Waals surface area contributed by atoms with Gasteiger partial charge in [0.05, 0.1) is 4.34 Å². The van der Waals surface area contributed by atoms with Gasteiger partial charge in [-0.25, -0.2) is 4.79 Å². The van der Waals surface area contributed by atoms with Crippen molar-refractivity contribution in [2.75, 3.05) is 32.7 Å². The second-order valence-electron chi connectivity index (χ2n) is 8.14. The molecule has 4 amide bonds. The fourth-order valence-electron chi connectivity index (χ4n) is 4.56. The Balaban J connectivity index is 1.19. The Morgan fingerprint density at radius 1 is 1.14 bits per heavy atom. The fourth-order valence-corrected chi connectivity index (χ4v) is 5.69. The topological polar surface area (TPSA) is 73.0 Å². The molecule has 2 saturated heterocycles. The van der Waals surface area contributed by atoms with Crippen LogP contribution in [0.15, 0.2) is 12.1 Å². The first-order chi connectivity index (χ1) is 14.0. The number of carbonyl (C=O) groups excluding carboxylic acids is 3. The molecule has 0 bridgehead atoms. The number of piperazine rings is 1. The minimum Gasteiger partial charge on any atom is -0.340 e. The summed E-state index contributed by atoms with van der Waals surface area (Å²) >= 11 is 7.59. The highest BCUT2D eigenvalue weighted by Gasteiger charge is 2.52. The van der Waals surface area contributed by atoms with Crippen molar-refractivity contribution >= 4 is 40.8 Å². The summed E-state index contributed by atoms with van der Waals surface area (Å²) in [6.45, 7) is 4.30. The quantitative estimate of drug-likeness (QED) is 0.693. The third-order valence-corrected chi connectivity index (χ3v) is 7.42. The molecular weight excluding hydrogens is 412 g/mol. The molecule has 0 aromatic carbocycles. The molecule has 3 fully saturated rings. The summed E-state index contributed by atoms with van der Waals surface area (Å²) in [7, 11) is 0. The molecule has 158 valence electrons. The SMILES string of the molecule is O=C(CCCN1C(=O)NC2(CCCC2)C1=O)N1CCN(Cc2ccc(Cl)s2)CC1. The molecule has 0 unspecified atom stereocenters. The summed E-state index contributed by atoms with van der Waals surface area (Å²) < 4.78 is 0.804. The number of hydrogen-bond donors (Lipinski definition) is 1. The zero-order valence-electron chi connectivity index (χ0n) is 16.5. The van der Waals surface area contributed by atoms with Crippen molar-refractivity contribution in [3.8, 4) is 0 Å². The number of carbonyl (C=O) groups is 3. The van der Waals surface area contributed by atoms with Gasteiger partial charge in [0, 0.05) is 50.6 Å². The Kier molecular flexibility index (Phi) is 6.13. The second-order valence-corrected chi connectivity index (χ2v) is 9.94. The maximum absolute atomic E-state index is 12.6. The Bertz CT molecular complexity index is 784. The lowest BCUT2D eigenvalue weighted by atomic mass is 9.98. The predicted octanol–water partition coefficient (Wildman–Crippen LogP) is 2.69. The molecule has 3 aliphatic rings. The van der Waals surface area contributed by atoms with Crippen LogP contribution in [0.1, 0.15) is 43.4 Å². The van der Waals surface area contributed by atoms with Crippen LogP contribution in [0.2, 0.25) is 4.34 Å². The fraction of sp³-hybridized carbons (Fsp3) is 0.650. The summed E-state index contributed by atoms with van der Waals surface area (Å²) in [6.07, 6.45) is 4.30. The van der Waals surface area contributed by atoms with Crippen LogP contribution in [0.25, 0.3) is 0 Å². The van der Waals surface area contributed by atoms with Crippen molar-refractivity contribution in [2.24, 2.45) is 0 Å². The highest BCUT2D eigenvalue weighted by atomic mass is 35.5. The zero-order chi connectivity index (χ0) is 20.4. The lowest BCUT2D eigenvalue weighted by Gasteiger charge is -2.34. The number of urea groups is 1. The first-order valence-corrected chi connectivity index (χ1v) is 11.5. The number of imide groups is 1. The van der Waals surface area contributed by atoms with E-state index in [1.165, 1.54) is 9.78 Å². The van der Waals surface area contributed by atoms with Crippen LogP contribution >= 0.6 is 22.9 Å². The van der Waals surface area contributed by atoms with Crippen LogP contribution in [0.5, 0.6) is 0 Å². The maximum atomic E-state index is 12.6. The first kappa shape index (κ1) is 20.6. The van der Waals surface area contributed by atoms with Crippen LogP contribution in [0.3, 0.4) is 0 Å². The van der Waals surface area contributed by atoms with Crippen molar-refractivity contribution in [2.45, 2.75) is 50.6 Å². The van der Waals surface area contributed by atoms with Gasteiger partial charge in [-0.15, -0.1) is 11.3 Å². The summed E-state index contributed by atoms with van der Waals surface area (Å²) in [5.74, 6) is 0.00111. The van der Waals surface area contributed by atoms with E-state index in [9.17, 15) is 14.4 Å². The molecule has 4 rings (SSSR count). The van der Waals surface area contributed by atoms with Crippen molar-refractivity contribution in [1.29, 1.82) is 0 Å². The van der Waals surface area contributed by atoms with E-state index >= 15 is 0 Å². The summed E-state index contributed by atoms with van der Waals surface area (Å²) in [5, 5.41) is 2.89. The molecule has 1 saturated carbocycles. The van der Waals surface area contributed by atoms with E-state index in [0.29, 0.717) is 32.5 Å². The summed E-state index contributed by atoms with van der Waals surface area (Å²) in [4.78, 5) is 44.1. The zero-order valence-corrected chi connectivity index (χ0v) is 18.1. The molecular formula is C20H27ClN4O3S. The van der Waals surface area contributed by atoms with E-state index in [-0.39, 0.29) is 17.8 Å². The van der Waals surface area contributed by atoms with Crippen LogP contribution in [0, 0.1) is 0 Å². The summed E-state index contributed by atoms with van der Waals surface area (Å²) in [6, 6.07) is 3.67. The van der Waals surface area contributed by atoms with Crippen LogP contribution in [-0.2, 0) is 16.1 Å². The molecule has 1 aliphatic carbocycles. The smallest absolute Gasteiger partial charge is 0.325 e. The molecule has 7 nitrogen and oxygen atoms in total. The molecule has 1 N–H and O–H groups in total. The largest absolute Gasteiger partial charge is 0.340 e. The summed E-state index contributed by atoms with van der Waals surface area (Å²) in [5.41, 5.74) is -0.662. The van der Waals surface area contributed by atoms with Gasteiger partial charge in [-0.05, 0) is 31.4 Å². The number of hydrogen-bond acceptors (Lipinski definition) is 5. The molecule has 3 heterocycles. The van der Waals surface area contributed by atoms with Gasteiger partial charge in [-0.2, -0.15) is 0 Å². The highest BCUT2D eigenvalue weighted by molar-refractivity contribution is 7.16. The average Bonchev–Trinajstić information content (AvgIpc) is 3.39. The first-order valence-electron chi connectivity index (χ1n) is 10.4. The maximum Gasteiger partial charge on any atom is 0.325 e. The van der Waals surface area contributed by atoms with E-state index in [0.717, 1.165) is 49.7 Å². The van der Waals surface area contributed by atoms with Crippen molar-refractivity contribution in [1.82, 2.24) is 20.0 Å². The van der Waals surface area contributed by atoms with Crippen molar-refractivity contribution < 1.29 is 14.4 Å². The average molecular weight is 439 g/mol. The highest BCUT2D eigenvalue weighted by Crippen LogP contribution is 2.35. The second kappa shape index (κ2) is 8.62. The van der Waals surface area contributed by atoms with Gasteiger partial charge >= 0.3 is 6.03 Å². The third kappa shape index (κ3) is 4.44. The van der Waals surface area contributed by atoms with Gasteiger partial charge in [0.2, 0.25) is 5.91 Å². The van der Waals surface area contributed by atoms with E-state index in [1.807, 2.05) is 11.0 Å². The molecule has 2 aliphatic heterocycles. The van der Waals surface area contributed by atoms with Crippen molar-refractivity contribution in [3.63, 3.8) is 0 Å². The minimum atomic E-state index is -0.662. The van der Waals surface area contributed by atoms with Gasteiger partial charge in [0.15, 0.2) is 0 Å². The van der Waals surface area contributed by atoms with E-state index < -0.39 is 5.54 Å². The molecule has 1 spiro atoms. The van der Waals surface area contributed by atoms with Crippen molar-refractivity contribution in [3.05, 3.63) is 21.3 Å². The minimum absolute atomic E-state index is 0.102. The number of halogens is 1. The van der Waals surface area contributed by atoms with Crippen LogP contribution < -0.4 is 5.32 Å².